The molecule has 0 aliphatic heterocycles. The monoisotopic (exact) mass is 262 g/mol. The normalized spacial score (nSPS) is 10.2. The van der Waals surface area contributed by atoms with E-state index in [0.29, 0.717) is 0 Å². The number of thiophene rings is 1. The Morgan fingerprint density at radius 2 is 2.22 bits per heavy atom. The van der Waals surface area contributed by atoms with Crippen LogP contribution in [0.2, 0.25) is 0 Å². The predicted molar refractivity (Wildman–Crippen MR) is 74.3 cm³/mol. The van der Waals surface area contributed by atoms with Gasteiger partial charge in [0.2, 0.25) is 0 Å². The molecule has 1 aromatic heterocycles. The predicted octanol–water partition coefficient (Wildman–Crippen LogP) is 2.68. The molecule has 2 aromatic rings. The number of anilines is 2. The van der Waals surface area contributed by atoms with Crippen molar-refractivity contribution in [1.29, 1.82) is 0 Å². The molecule has 4 N–H and O–H groups in total. The van der Waals surface area contributed by atoms with E-state index in [1.807, 2.05) is 6.07 Å². The topological polar surface area (TPSA) is 75.3 Å². The summed E-state index contributed by atoms with van der Waals surface area (Å²) in [5.41, 5.74) is 6.93. The third-order valence-electron chi connectivity index (χ3n) is 2.56. The van der Waals surface area contributed by atoms with Gasteiger partial charge in [0.25, 0.3) is 0 Å². The Morgan fingerprint density at radius 1 is 1.39 bits per heavy atom. The van der Waals surface area contributed by atoms with E-state index in [4.69, 9.17) is 10.8 Å². The van der Waals surface area contributed by atoms with Crippen molar-refractivity contribution in [3.8, 4) is 0 Å². The Morgan fingerprint density at radius 3 is 2.83 bits per heavy atom. The van der Waals surface area contributed by atoms with Gasteiger partial charge in [-0.05, 0) is 36.1 Å². The minimum absolute atomic E-state index is 0.138. The number of aromatic carboxylic acids is 1. The van der Waals surface area contributed by atoms with Crippen molar-refractivity contribution in [2.45, 2.75) is 6.42 Å². The standard InChI is InChI=1S/C13H14N2O2S/c14-12-8-9(3-4-11(12)13(16)17)15-6-5-10-2-1-7-18-10/h1-4,7-8,15H,5-6,14H2,(H,16,17). The summed E-state index contributed by atoms with van der Waals surface area (Å²) in [5, 5.41) is 14.1. The number of hydrogen-bond acceptors (Lipinski definition) is 4. The molecule has 0 spiro atoms. The van der Waals surface area contributed by atoms with Gasteiger partial charge < -0.3 is 16.2 Å². The zero-order chi connectivity index (χ0) is 13.0. The van der Waals surface area contributed by atoms with Crippen LogP contribution in [0.25, 0.3) is 0 Å². The SMILES string of the molecule is Nc1cc(NCCc2cccs2)ccc1C(=O)O. The molecule has 0 amide bonds. The van der Waals surface area contributed by atoms with Gasteiger partial charge in [0, 0.05) is 22.8 Å². The molecule has 0 aliphatic rings. The first-order valence-corrected chi connectivity index (χ1v) is 6.44. The van der Waals surface area contributed by atoms with Crippen LogP contribution in [0.3, 0.4) is 0 Å². The average molecular weight is 262 g/mol. The van der Waals surface area contributed by atoms with Gasteiger partial charge in [0.05, 0.1) is 5.56 Å². The van der Waals surface area contributed by atoms with Crippen LogP contribution in [0.15, 0.2) is 35.7 Å². The van der Waals surface area contributed by atoms with Gasteiger partial charge >= 0.3 is 5.97 Å². The third kappa shape index (κ3) is 3.01. The molecule has 0 bridgehead atoms. The third-order valence-corrected chi connectivity index (χ3v) is 3.50. The summed E-state index contributed by atoms with van der Waals surface area (Å²) in [7, 11) is 0. The van der Waals surface area contributed by atoms with Crippen LogP contribution in [-0.2, 0) is 6.42 Å². The number of carboxylic acid groups (broad SMARTS) is 1. The number of benzene rings is 1. The lowest BCUT2D eigenvalue weighted by molar-refractivity contribution is 0.0698. The zero-order valence-corrected chi connectivity index (χ0v) is 10.5. The van der Waals surface area contributed by atoms with Crippen molar-refractivity contribution in [2.24, 2.45) is 0 Å². The number of nitrogen functional groups attached to an aromatic ring is 1. The molecule has 5 heteroatoms. The Hall–Kier alpha value is -2.01. The maximum atomic E-state index is 10.8. The largest absolute Gasteiger partial charge is 0.478 e. The fourth-order valence-corrected chi connectivity index (χ4v) is 2.36. The number of carbonyl (C=O) groups is 1. The number of hydrogen-bond donors (Lipinski definition) is 3. The lowest BCUT2D eigenvalue weighted by Gasteiger charge is -2.08. The summed E-state index contributed by atoms with van der Waals surface area (Å²) in [6.07, 6.45) is 0.943. The molecule has 1 heterocycles. The molecule has 0 saturated heterocycles. The van der Waals surface area contributed by atoms with E-state index in [1.165, 1.54) is 10.9 Å². The first kappa shape index (κ1) is 12.4. The molecule has 0 saturated carbocycles. The lowest BCUT2D eigenvalue weighted by atomic mass is 10.1. The highest BCUT2D eigenvalue weighted by molar-refractivity contribution is 7.09. The highest BCUT2D eigenvalue weighted by atomic mass is 32.1. The van der Waals surface area contributed by atoms with Crippen LogP contribution < -0.4 is 11.1 Å². The second-order valence-corrected chi connectivity index (χ2v) is 4.90. The van der Waals surface area contributed by atoms with Gasteiger partial charge in [-0.3, -0.25) is 0 Å². The minimum atomic E-state index is -1.00. The summed E-state index contributed by atoms with van der Waals surface area (Å²) < 4.78 is 0. The Labute approximate surface area is 109 Å². The first-order valence-electron chi connectivity index (χ1n) is 5.56. The van der Waals surface area contributed by atoms with Crippen molar-refractivity contribution in [3.05, 3.63) is 46.2 Å². The number of nitrogens with one attached hydrogen (secondary N) is 1. The molecular formula is C13H14N2O2S. The number of carboxylic acids is 1. The van der Waals surface area contributed by atoms with E-state index in [1.54, 1.807) is 23.5 Å². The fourth-order valence-electron chi connectivity index (χ4n) is 1.65. The van der Waals surface area contributed by atoms with E-state index >= 15 is 0 Å². The van der Waals surface area contributed by atoms with Crippen LogP contribution in [-0.4, -0.2) is 17.6 Å². The van der Waals surface area contributed by atoms with Gasteiger partial charge in [-0.25, -0.2) is 4.79 Å². The van der Waals surface area contributed by atoms with Crippen LogP contribution in [0.5, 0.6) is 0 Å². The van der Waals surface area contributed by atoms with Crippen LogP contribution in [0, 0.1) is 0 Å². The molecule has 0 fully saturated rings. The molecule has 4 nitrogen and oxygen atoms in total. The molecule has 2 rings (SSSR count). The van der Waals surface area contributed by atoms with Gasteiger partial charge in [-0.1, -0.05) is 6.07 Å². The van der Waals surface area contributed by atoms with E-state index in [-0.39, 0.29) is 11.3 Å². The summed E-state index contributed by atoms with van der Waals surface area (Å²) in [5.74, 6) is -1.00. The first-order chi connectivity index (χ1) is 8.66. The van der Waals surface area contributed by atoms with Gasteiger partial charge in [-0.15, -0.1) is 11.3 Å². The fraction of sp³-hybridized carbons (Fsp3) is 0.154. The van der Waals surface area contributed by atoms with Crippen LogP contribution >= 0.6 is 11.3 Å². The molecule has 0 atom stereocenters. The quantitative estimate of drug-likeness (QED) is 0.724. The number of rotatable bonds is 5. The highest BCUT2D eigenvalue weighted by Gasteiger charge is 2.07. The molecule has 94 valence electrons. The van der Waals surface area contributed by atoms with E-state index < -0.39 is 5.97 Å². The van der Waals surface area contributed by atoms with Crippen molar-refractivity contribution in [1.82, 2.24) is 0 Å². The molecule has 0 radical (unpaired) electrons. The lowest BCUT2D eigenvalue weighted by Crippen LogP contribution is -2.06. The second kappa shape index (κ2) is 5.55. The summed E-state index contributed by atoms with van der Waals surface area (Å²) in [6.45, 7) is 0.798. The van der Waals surface area contributed by atoms with E-state index in [0.717, 1.165) is 18.7 Å². The van der Waals surface area contributed by atoms with E-state index in [2.05, 4.69) is 16.8 Å². The maximum absolute atomic E-state index is 10.8. The van der Waals surface area contributed by atoms with Crippen molar-refractivity contribution in [2.75, 3.05) is 17.6 Å². The van der Waals surface area contributed by atoms with Crippen molar-refractivity contribution in [3.63, 3.8) is 0 Å². The van der Waals surface area contributed by atoms with Gasteiger partial charge in [0.1, 0.15) is 0 Å². The smallest absolute Gasteiger partial charge is 0.337 e. The van der Waals surface area contributed by atoms with Crippen LogP contribution in [0.4, 0.5) is 11.4 Å². The highest BCUT2D eigenvalue weighted by Crippen LogP contribution is 2.18. The average Bonchev–Trinajstić information content (AvgIpc) is 2.81. The van der Waals surface area contributed by atoms with Crippen LogP contribution in [0.1, 0.15) is 15.2 Å². The Bertz CT molecular complexity index is 538. The molecule has 1 aromatic carbocycles. The van der Waals surface area contributed by atoms with Crippen molar-refractivity contribution >= 4 is 28.7 Å². The van der Waals surface area contributed by atoms with Gasteiger partial charge in [-0.2, -0.15) is 0 Å². The summed E-state index contributed by atoms with van der Waals surface area (Å²) in [4.78, 5) is 12.1. The molecule has 0 unspecified atom stereocenters. The zero-order valence-electron chi connectivity index (χ0n) is 9.72. The van der Waals surface area contributed by atoms with Gasteiger partial charge in [0.15, 0.2) is 0 Å². The second-order valence-electron chi connectivity index (χ2n) is 3.86. The molecule has 18 heavy (non-hydrogen) atoms. The minimum Gasteiger partial charge on any atom is -0.478 e. The Balaban J connectivity index is 1.94. The maximum Gasteiger partial charge on any atom is 0.337 e. The summed E-state index contributed by atoms with van der Waals surface area (Å²) >= 11 is 1.73. The Kier molecular flexibility index (Phi) is 3.84. The van der Waals surface area contributed by atoms with Crippen molar-refractivity contribution < 1.29 is 9.90 Å². The molecular weight excluding hydrogens is 248 g/mol. The number of nitrogens with two attached hydrogens (primary N) is 1. The molecule has 0 aliphatic carbocycles. The van der Waals surface area contributed by atoms with E-state index in [9.17, 15) is 4.79 Å². The summed E-state index contributed by atoms with van der Waals surface area (Å²) in [6, 6.07) is 9.02.